The quantitative estimate of drug-likeness (QED) is 0.271. The van der Waals surface area contributed by atoms with Crippen LogP contribution in [0.3, 0.4) is 0 Å². The highest BCUT2D eigenvalue weighted by molar-refractivity contribution is 6.58. The number of halogens is 5. The lowest BCUT2D eigenvalue weighted by Crippen LogP contribution is -2.51. The van der Waals surface area contributed by atoms with Crippen molar-refractivity contribution < 1.29 is 31.2 Å². The van der Waals surface area contributed by atoms with E-state index in [-0.39, 0.29) is 33.9 Å². The zero-order valence-electron chi connectivity index (χ0n) is 17.0. The van der Waals surface area contributed by atoms with Crippen molar-refractivity contribution in [2.45, 2.75) is 33.9 Å². The summed E-state index contributed by atoms with van der Waals surface area (Å²) in [6, 6.07) is 3.71. The summed E-state index contributed by atoms with van der Waals surface area (Å²) in [6.45, 7) is 1.90. The minimum Gasteiger partial charge on any atom is -0.393 e. The Hall–Kier alpha value is -3.24. The third-order valence-electron chi connectivity index (χ3n) is 5.73. The number of nitrogens with zero attached hydrogens (tertiary/aromatic N) is 3. The monoisotopic (exact) mass is 437 g/mol. The van der Waals surface area contributed by atoms with Gasteiger partial charge in [0.15, 0.2) is 5.70 Å². The molecule has 2 aliphatic heterocycles. The van der Waals surface area contributed by atoms with Crippen LogP contribution in [-0.2, 0) is 6.18 Å². The first-order valence-corrected chi connectivity index (χ1v) is 9.40. The number of alkyl halides is 3. The number of aromatic nitrogens is 1. The summed E-state index contributed by atoms with van der Waals surface area (Å²) in [5, 5.41) is 11.7. The maximum atomic E-state index is 15.6. The van der Waals surface area contributed by atoms with Gasteiger partial charge in [-0.05, 0) is 50.2 Å². The molecule has 0 atom stereocenters. The van der Waals surface area contributed by atoms with Gasteiger partial charge in [-0.3, -0.25) is 10.1 Å². The first-order valence-electron chi connectivity index (χ1n) is 9.40. The largest absolute Gasteiger partial charge is 0.737 e. The van der Waals surface area contributed by atoms with Crippen molar-refractivity contribution in [3.63, 3.8) is 0 Å². The van der Waals surface area contributed by atoms with Crippen LogP contribution in [-0.4, -0.2) is 26.6 Å². The van der Waals surface area contributed by atoms with E-state index in [1.54, 1.807) is 13.8 Å². The number of aryl methyl sites for hydroxylation is 2. The topological polar surface area (TPSA) is 51.1 Å². The predicted octanol–water partition coefficient (Wildman–Crippen LogP) is 5.46. The third-order valence-corrected chi connectivity index (χ3v) is 5.73. The van der Waals surface area contributed by atoms with E-state index >= 15 is 8.63 Å². The van der Waals surface area contributed by atoms with Crippen molar-refractivity contribution in [1.29, 1.82) is 0 Å². The van der Waals surface area contributed by atoms with Gasteiger partial charge in [-0.2, -0.15) is 13.2 Å². The molecule has 0 N–H and O–H groups in total. The minimum atomic E-state index is -4.78. The van der Waals surface area contributed by atoms with Gasteiger partial charge >= 0.3 is 13.1 Å². The Morgan fingerprint density at radius 2 is 1.74 bits per heavy atom. The van der Waals surface area contributed by atoms with E-state index in [0.717, 1.165) is 21.1 Å². The fraction of sp³-hybridized carbons (Fsp3) is 0.250. The molecule has 0 amide bonds. The van der Waals surface area contributed by atoms with Gasteiger partial charge < -0.3 is 17.6 Å². The minimum absolute atomic E-state index is 0.0686. The molecule has 3 heterocycles. The summed E-state index contributed by atoms with van der Waals surface area (Å²) in [6.07, 6.45) is -3.24. The highest BCUT2D eigenvalue weighted by atomic mass is 19.4. The van der Waals surface area contributed by atoms with Gasteiger partial charge in [0.1, 0.15) is 5.71 Å². The number of nitro groups is 1. The van der Waals surface area contributed by atoms with Gasteiger partial charge in [-0.15, -0.1) is 0 Å². The second-order valence-corrected chi connectivity index (χ2v) is 7.82. The molecule has 4 rings (SSSR count). The fourth-order valence-corrected chi connectivity index (χ4v) is 4.62. The van der Waals surface area contributed by atoms with Crippen LogP contribution in [0.5, 0.6) is 0 Å². The molecule has 5 nitrogen and oxygen atoms in total. The normalized spacial score (nSPS) is 17.6. The Kier molecular flexibility index (Phi) is 4.33. The molecule has 0 spiro atoms. The van der Waals surface area contributed by atoms with Gasteiger partial charge in [0.25, 0.3) is 5.69 Å². The number of hydrogen-bond donors (Lipinski definition) is 0. The molecule has 0 saturated heterocycles. The van der Waals surface area contributed by atoms with Crippen molar-refractivity contribution in [3.05, 3.63) is 79.8 Å². The second-order valence-electron chi connectivity index (χ2n) is 7.82. The second kappa shape index (κ2) is 6.38. The van der Waals surface area contributed by atoms with Crippen molar-refractivity contribution in [1.82, 2.24) is 4.48 Å². The Morgan fingerprint density at radius 3 is 2.32 bits per heavy atom. The molecule has 31 heavy (non-hydrogen) atoms. The Bertz CT molecular complexity index is 1270. The van der Waals surface area contributed by atoms with E-state index in [0.29, 0.717) is 17.2 Å². The van der Waals surface area contributed by atoms with E-state index in [4.69, 9.17) is 0 Å². The lowest BCUT2D eigenvalue weighted by atomic mass is 9.83. The predicted molar refractivity (Wildman–Crippen MR) is 106 cm³/mol. The summed E-state index contributed by atoms with van der Waals surface area (Å²) in [5.74, 6) is 0. The average Bonchev–Trinajstić information content (AvgIpc) is 3.11. The Morgan fingerprint density at radius 1 is 1.10 bits per heavy atom. The van der Waals surface area contributed by atoms with Crippen LogP contribution < -0.4 is 0 Å². The molecular formula is C20H17BF5N3O2. The van der Waals surface area contributed by atoms with E-state index in [1.807, 2.05) is 0 Å². The molecule has 1 aromatic heterocycles. The van der Waals surface area contributed by atoms with Crippen molar-refractivity contribution >= 4 is 23.9 Å². The number of allylic oxidation sites excluding steroid dienone is 2. The third kappa shape index (κ3) is 2.86. The lowest BCUT2D eigenvalue weighted by Gasteiger charge is -2.34. The summed E-state index contributed by atoms with van der Waals surface area (Å²) in [7, 11) is 0. The number of benzene rings is 1. The van der Waals surface area contributed by atoms with Gasteiger partial charge in [-0.1, -0.05) is 0 Å². The number of hydrogen-bond acceptors (Lipinski definition) is 2. The molecular weight excluding hydrogens is 420 g/mol. The molecule has 0 unspecified atom stereocenters. The molecule has 2 aromatic rings. The van der Waals surface area contributed by atoms with Crippen molar-refractivity contribution in [3.8, 4) is 0 Å². The molecule has 0 bridgehead atoms. The van der Waals surface area contributed by atoms with Crippen LogP contribution in [0.4, 0.5) is 27.5 Å². The molecule has 0 saturated carbocycles. The van der Waals surface area contributed by atoms with Crippen LogP contribution in [0.1, 0.15) is 41.9 Å². The van der Waals surface area contributed by atoms with E-state index in [2.05, 4.69) is 0 Å². The summed E-state index contributed by atoms with van der Waals surface area (Å²) >= 11 is 0. The smallest absolute Gasteiger partial charge is 0.393 e. The van der Waals surface area contributed by atoms with Crippen LogP contribution >= 0.6 is 0 Å². The molecule has 0 radical (unpaired) electrons. The average molecular weight is 437 g/mol. The maximum absolute atomic E-state index is 15.6. The van der Waals surface area contributed by atoms with Gasteiger partial charge in [0.05, 0.1) is 21.6 Å². The highest BCUT2D eigenvalue weighted by Gasteiger charge is 2.55. The van der Waals surface area contributed by atoms with Crippen LogP contribution in [0.15, 0.2) is 41.6 Å². The Balaban J connectivity index is 2.17. The lowest BCUT2D eigenvalue weighted by molar-refractivity contribution is -0.385. The van der Waals surface area contributed by atoms with Gasteiger partial charge in [0, 0.05) is 30.3 Å². The molecule has 11 heteroatoms. The summed E-state index contributed by atoms with van der Waals surface area (Å²) in [4.78, 5) is 10.8. The van der Waals surface area contributed by atoms with Gasteiger partial charge in [-0.25, -0.2) is 0 Å². The standard InChI is InChI=1S/C20H17BF5N3O2/c1-10-7-12(3)27-18(10)17(19-11(2)8-13(4)28(19)21(27,25)26)15-6-5-14(20(22,23)24)9-16(15)29(30)31/h5-9H,1-4H3. The zero-order chi connectivity index (χ0) is 23.0. The van der Waals surface area contributed by atoms with E-state index in [1.165, 1.54) is 26.0 Å². The number of fused-ring (bicyclic) bond motifs is 2. The van der Waals surface area contributed by atoms with Gasteiger partial charge in [0.2, 0.25) is 0 Å². The molecule has 0 fully saturated rings. The van der Waals surface area contributed by atoms with E-state index < -0.39 is 29.3 Å². The summed E-state index contributed by atoms with van der Waals surface area (Å²) < 4.78 is 72.4. The van der Waals surface area contributed by atoms with E-state index in [9.17, 15) is 23.3 Å². The van der Waals surface area contributed by atoms with Crippen molar-refractivity contribution in [2.75, 3.05) is 0 Å². The first kappa shape index (κ1) is 21.0. The molecule has 162 valence electrons. The van der Waals surface area contributed by atoms with Crippen LogP contribution in [0, 0.1) is 24.0 Å². The SMILES string of the molecule is CC1=CC(C)=[N+]2C1=C(c1ccc(C(F)(F)F)cc1[N+](=O)[O-])c1c(C)cc(C)n1[B-]2(F)F. The highest BCUT2D eigenvalue weighted by Crippen LogP contribution is 2.46. The molecule has 0 aliphatic carbocycles. The molecule has 1 aromatic carbocycles. The fourth-order valence-electron chi connectivity index (χ4n) is 4.62. The van der Waals surface area contributed by atoms with Crippen molar-refractivity contribution in [2.24, 2.45) is 0 Å². The maximum Gasteiger partial charge on any atom is 0.737 e. The first-order chi connectivity index (χ1) is 14.3. The number of nitro benzene ring substituents is 1. The Labute approximate surface area is 174 Å². The number of rotatable bonds is 2. The molecule has 2 aliphatic rings. The van der Waals surface area contributed by atoms with Crippen LogP contribution in [0.25, 0.3) is 5.57 Å². The zero-order valence-corrected chi connectivity index (χ0v) is 17.0. The summed E-state index contributed by atoms with van der Waals surface area (Å²) in [5.41, 5.74) is -0.461. The van der Waals surface area contributed by atoms with Crippen LogP contribution in [0.2, 0.25) is 0 Å².